The van der Waals surface area contributed by atoms with E-state index in [0.717, 1.165) is 12.2 Å². The van der Waals surface area contributed by atoms with Crippen molar-refractivity contribution in [2.75, 3.05) is 5.32 Å². The van der Waals surface area contributed by atoms with E-state index in [0.29, 0.717) is 0 Å². The summed E-state index contributed by atoms with van der Waals surface area (Å²) >= 11 is 0. The smallest absolute Gasteiger partial charge is 0.0416 e. The van der Waals surface area contributed by atoms with E-state index in [-0.39, 0.29) is 0 Å². The lowest BCUT2D eigenvalue weighted by atomic mass is 10.2. The first-order valence-electron chi connectivity index (χ1n) is 5.47. The number of rotatable bonds is 3. The lowest BCUT2D eigenvalue weighted by molar-refractivity contribution is 1.08. The topological polar surface area (TPSA) is 24.9 Å². The van der Waals surface area contributed by atoms with Gasteiger partial charge in [0, 0.05) is 24.1 Å². The van der Waals surface area contributed by atoms with E-state index in [4.69, 9.17) is 0 Å². The van der Waals surface area contributed by atoms with Crippen LogP contribution in [0.5, 0.6) is 0 Å². The predicted octanol–water partition coefficient (Wildman–Crippen LogP) is 3.31. The number of aryl methyl sites for hydroxylation is 2. The van der Waals surface area contributed by atoms with Gasteiger partial charge < -0.3 is 5.32 Å². The number of pyridine rings is 1. The van der Waals surface area contributed by atoms with E-state index in [1.54, 1.807) is 0 Å². The summed E-state index contributed by atoms with van der Waals surface area (Å²) in [5, 5.41) is 3.41. The molecule has 16 heavy (non-hydrogen) atoms. The Bertz CT molecular complexity index is 460. The molecule has 1 aromatic heterocycles. The Balaban J connectivity index is 2.02. The van der Waals surface area contributed by atoms with Crippen LogP contribution in [0, 0.1) is 13.8 Å². The first-order chi connectivity index (χ1) is 7.75. The number of nitrogens with zero attached hydrogens (tertiary/aromatic N) is 1. The summed E-state index contributed by atoms with van der Waals surface area (Å²) in [6.07, 6.45) is 1.92. The normalized spacial score (nSPS) is 10.1. The van der Waals surface area contributed by atoms with E-state index < -0.39 is 0 Å². The van der Waals surface area contributed by atoms with Crippen LogP contribution in [-0.4, -0.2) is 4.98 Å². The molecule has 0 amide bonds. The van der Waals surface area contributed by atoms with E-state index in [2.05, 4.69) is 35.4 Å². The Kier molecular flexibility index (Phi) is 3.20. The molecule has 0 atom stereocenters. The summed E-state index contributed by atoms with van der Waals surface area (Å²) < 4.78 is 0. The van der Waals surface area contributed by atoms with Crippen LogP contribution in [0.15, 0.2) is 42.6 Å². The minimum absolute atomic E-state index is 0.818. The van der Waals surface area contributed by atoms with Crippen LogP contribution in [0.2, 0.25) is 0 Å². The zero-order valence-electron chi connectivity index (χ0n) is 9.70. The molecule has 2 heteroatoms. The number of anilines is 1. The van der Waals surface area contributed by atoms with Crippen LogP contribution < -0.4 is 5.32 Å². The van der Waals surface area contributed by atoms with E-state index >= 15 is 0 Å². The van der Waals surface area contributed by atoms with E-state index in [1.165, 1.54) is 16.8 Å². The summed E-state index contributed by atoms with van der Waals surface area (Å²) in [6, 6.07) is 12.4. The van der Waals surface area contributed by atoms with Crippen LogP contribution in [0.3, 0.4) is 0 Å². The number of nitrogens with one attached hydrogen (secondary N) is 1. The van der Waals surface area contributed by atoms with Crippen molar-refractivity contribution in [3.8, 4) is 0 Å². The fraction of sp³-hybridized carbons (Fsp3) is 0.214. The SMILES string of the molecule is Cc1ccc(CNc2ccccc2C)cn1. The molecule has 0 aliphatic heterocycles. The predicted molar refractivity (Wildman–Crippen MR) is 67.5 cm³/mol. The minimum Gasteiger partial charge on any atom is -0.381 e. The summed E-state index contributed by atoms with van der Waals surface area (Å²) in [7, 11) is 0. The molecule has 82 valence electrons. The number of aromatic nitrogens is 1. The van der Waals surface area contributed by atoms with E-state index in [1.807, 2.05) is 31.3 Å². The number of benzene rings is 1. The van der Waals surface area contributed by atoms with Gasteiger partial charge >= 0.3 is 0 Å². The molecule has 0 aliphatic carbocycles. The third-order valence-corrected chi connectivity index (χ3v) is 2.60. The first-order valence-corrected chi connectivity index (χ1v) is 5.47. The van der Waals surface area contributed by atoms with E-state index in [9.17, 15) is 0 Å². The van der Waals surface area contributed by atoms with Gasteiger partial charge in [-0.25, -0.2) is 0 Å². The van der Waals surface area contributed by atoms with Crippen molar-refractivity contribution in [3.05, 3.63) is 59.4 Å². The van der Waals surface area contributed by atoms with Crippen LogP contribution in [0.1, 0.15) is 16.8 Å². The van der Waals surface area contributed by atoms with Gasteiger partial charge in [0.05, 0.1) is 0 Å². The molecule has 2 aromatic rings. The fourth-order valence-corrected chi connectivity index (χ4v) is 1.57. The molecule has 0 saturated heterocycles. The van der Waals surface area contributed by atoms with Gasteiger partial charge in [-0.2, -0.15) is 0 Å². The average molecular weight is 212 g/mol. The second kappa shape index (κ2) is 4.79. The lowest BCUT2D eigenvalue weighted by Crippen LogP contribution is -2.01. The average Bonchev–Trinajstić information content (AvgIpc) is 2.30. The maximum atomic E-state index is 4.27. The molecule has 2 rings (SSSR count). The quantitative estimate of drug-likeness (QED) is 0.844. The van der Waals surface area contributed by atoms with Crippen molar-refractivity contribution in [2.45, 2.75) is 20.4 Å². The first kappa shape index (κ1) is 10.7. The van der Waals surface area contributed by atoms with Crippen molar-refractivity contribution in [3.63, 3.8) is 0 Å². The summed E-state index contributed by atoms with van der Waals surface area (Å²) in [5.74, 6) is 0. The molecule has 0 aliphatic rings. The highest BCUT2D eigenvalue weighted by atomic mass is 14.9. The Morgan fingerprint density at radius 3 is 2.56 bits per heavy atom. The highest BCUT2D eigenvalue weighted by Gasteiger charge is 1.96. The van der Waals surface area contributed by atoms with Crippen LogP contribution in [0.25, 0.3) is 0 Å². The van der Waals surface area contributed by atoms with Gasteiger partial charge in [0.2, 0.25) is 0 Å². The van der Waals surface area contributed by atoms with Gasteiger partial charge in [-0.15, -0.1) is 0 Å². The van der Waals surface area contributed by atoms with Gasteiger partial charge in [-0.1, -0.05) is 24.3 Å². The molecule has 1 aromatic carbocycles. The Morgan fingerprint density at radius 1 is 1.06 bits per heavy atom. The minimum atomic E-state index is 0.818. The monoisotopic (exact) mass is 212 g/mol. The molecule has 2 nitrogen and oxygen atoms in total. The molecule has 0 unspecified atom stereocenters. The van der Waals surface area contributed by atoms with Gasteiger partial charge in [-0.05, 0) is 37.1 Å². The molecular weight excluding hydrogens is 196 g/mol. The summed E-state index contributed by atoms with van der Waals surface area (Å²) in [5.41, 5.74) is 4.71. The summed E-state index contributed by atoms with van der Waals surface area (Å²) in [6.45, 7) is 4.92. The van der Waals surface area contributed by atoms with Crippen molar-refractivity contribution < 1.29 is 0 Å². The summed E-state index contributed by atoms with van der Waals surface area (Å²) in [4.78, 5) is 4.27. The Labute approximate surface area is 96.4 Å². The second-order valence-corrected chi connectivity index (χ2v) is 3.98. The highest BCUT2D eigenvalue weighted by molar-refractivity contribution is 5.50. The van der Waals surface area contributed by atoms with Crippen molar-refractivity contribution in [1.82, 2.24) is 4.98 Å². The maximum absolute atomic E-state index is 4.27. The molecule has 0 saturated carbocycles. The van der Waals surface area contributed by atoms with Gasteiger partial charge in [0.15, 0.2) is 0 Å². The molecule has 0 radical (unpaired) electrons. The molecule has 1 heterocycles. The second-order valence-electron chi connectivity index (χ2n) is 3.98. The number of para-hydroxylation sites is 1. The highest BCUT2D eigenvalue weighted by Crippen LogP contribution is 2.14. The molecular formula is C14H16N2. The largest absolute Gasteiger partial charge is 0.381 e. The van der Waals surface area contributed by atoms with Crippen LogP contribution in [-0.2, 0) is 6.54 Å². The van der Waals surface area contributed by atoms with Crippen molar-refractivity contribution in [2.24, 2.45) is 0 Å². The van der Waals surface area contributed by atoms with Crippen LogP contribution >= 0.6 is 0 Å². The maximum Gasteiger partial charge on any atom is 0.0416 e. The van der Waals surface area contributed by atoms with Crippen molar-refractivity contribution >= 4 is 5.69 Å². The standard InChI is InChI=1S/C14H16N2/c1-11-5-3-4-6-14(11)16-10-13-8-7-12(2)15-9-13/h3-9,16H,10H2,1-2H3. The molecule has 0 fully saturated rings. The number of hydrogen-bond donors (Lipinski definition) is 1. The Hall–Kier alpha value is -1.83. The Morgan fingerprint density at radius 2 is 1.88 bits per heavy atom. The third kappa shape index (κ3) is 2.60. The molecule has 0 bridgehead atoms. The zero-order valence-corrected chi connectivity index (χ0v) is 9.70. The van der Waals surface area contributed by atoms with Crippen LogP contribution in [0.4, 0.5) is 5.69 Å². The molecule has 0 spiro atoms. The van der Waals surface area contributed by atoms with Gasteiger partial charge in [0.25, 0.3) is 0 Å². The fourth-order valence-electron chi connectivity index (χ4n) is 1.57. The molecule has 1 N–H and O–H groups in total. The zero-order chi connectivity index (χ0) is 11.4. The van der Waals surface area contributed by atoms with Gasteiger partial charge in [0.1, 0.15) is 0 Å². The lowest BCUT2D eigenvalue weighted by Gasteiger charge is -2.09. The van der Waals surface area contributed by atoms with Crippen molar-refractivity contribution in [1.29, 1.82) is 0 Å². The third-order valence-electron chi connectivity index (χ3n) is 2.60. The van der Waals surface area contributed by atoms with Gasteiger partial charge in [-0.3, -0.25) is 4.98 Å². The number of hydrogen-bond acceptors (Lipinski definition) is 2.